The number of esters is 2. The van der Waals surface area contributed by atoms with Gasteiger partial charge in [0, 0.05) is 23.6 Å². The van der Waals surface area contributed by atoms with Gasteiger partial charge >= 0.3 is 17.9 Å². The van der Waals surface area contributed by atoms with Gasteiger partial charge in [0.25, 0.3) is 0 Å². The molecule has 0 aliphatic heterocycles. The van der Waals surface area contributed by atoms with Gasteiger partial charge < -0.3 is 14.6 Å². The van der Waals surface area contributed by atoms with Gasteiger partial charge in [-0.05, 0) is 20.8 Å². The maximum Gasteiger partial charge on any atom is 0.336 e. The SMILES string of the molecule is C=C(C)C(=O)O.C=C(C)C(=O)OC(C)OC(=O)C(=C)C. The predicted molar refractivity (Wildman–Crippen MR) is 73.7 cm³/mol. The zero-order chi connectivity index (χ0) is 16.5. The van der Waals surface area contributed by atoms with Crippen LogP contribution in [-0.4, -0.2) is 29.3 Å². The zero-order valence-electron chi connectivity index (χ0n) is 12.2. The van der Waals surface area contributed by atoms with Gasteiger partial charge in [-0.3, -0.25) is 0 Å². The minimum atomic E-state index is -0.935. The molecule has 6 nitrogen and oxygen atoms in total. The number of aliphatic carboxylic acids is 1. The maximum absolute atomic E-state index is 11.0. The van der Waals surface area contributed by atoms with E-state index in [1.165, 1.54) is 27.7 Å². The van der Waals surface area contributed by atoms with Crippen LogP contribution in [0.3, 0.4) is 0 Å². The molecule has 0 atom stereocenters. The molecule has 0 rings (SSSR count). The van der Waals surface area contributed by atoms with E-state index in [9.17, 15) is 14.4 Å². The van der Waals surface area contributed by atoms with Gasteiger partial charge in [-0.1, -0.05) is 19.7 Å². The van der Waals surface area contributed by atoms with Crippen molar-refractivity contribution in [2.45, 2.75) is 34.0 Å². The van der Waals surface area contributed by atoms with Crippen LogP contribution < -0.4 is 0 Å². The van der Waals surface area contributed by atoms with Crippen molar-refractivity contribution in [3.05, 3.63) is 36.5 Å². The molecule has 20 heavy (non-hydrogen) atoms. The quantitative estimate of drug-likeness (QED) is 0.473. The van der Waals surface area contributed by atoms with E-state index in [0.717, 1.165) is 0 Å². The summed E-state index contributed by atoms with van der Waals surface area (Å²) < 4.78 is 9.42. The molecule has 0 amide bonds. The Morgan fingerprint density at radius 1 is 0.850 bits per heavy atom. The van der Waals surface area contributed by atoms with Crippen molar-refractivity contribution in [2.24, 2.45) is 0 Å². The molecular weight excluding hydrogens is 264 g/mol. The summed E-state index contributed by atoms with van der Waals surface area (Å²) in [5.41, 5.74) is 0.682. The first-order valence-electron chi connectivity index (χ1n) is 5.60. The average molecular weight is 284 g/mol. The van der Waals surface area contributed by atoms with E-state index in [-0.39, 0.29) is 16.7 Å². The highest BCUT2D eigenvalue weighted by molar-refractivity contribution is 5.88. The molecule has 0 spiro atoms. The summed E-state index contributed by atoms with van der Waals surface area (Å²) in [5.74, 6) is -2.12. The van der Waals surface area contributed by atoms with Crippen LogP contribution >= 0.6 is 0 Å². The van der Waals surface area contributed by atoms with Crippen LogP contribution in [0.15, 0.2) is 36.5 Å². The van der Waals surface area contributed by atoms with E-state index in [4.69, 9.17) is 14.6 Å². The first-order valence-corrected chi connectivity index (χ1v) is 5.60. The summed E-state index contributed by atoms with van der Waals surface area (Å²) in [5, 5.41) is 7.89. The van der Waals surface area contributed by atoms with Gasteiger partial charge in [0.2, 0.25) is 6.29 Å². The number of carboxylic acids is 1. The second-order valence-corrected chi connectivity index (χ2v) is 4.02. The molecule has 112 valence electrons. The standard InChI is InChI=1S/C10H14O4.C4H6O2/c1-6(2)9(11)13-8(5)14-10(12)7(3)4;1-3(2)4(5)6/h8H,1,3H2,2,4-5H3;1H2,2H3,(H,5,6). The molecule has 0 saturated heterocycles. The smallest absolute Gasteiger partial charge is 0.336 e. The lowest BCUT2D eigenvalue weighted by atomic mass is 10.3. The number of carboxylic acid groups (broad SMARTS) is 1. The molecular formula is C14H20O6. The first-order chi connectivity index (χ1) is 8.98. The monoisotopic (exact) mass is 284 g/mol. The number of rotatable bonds is 5. The Morgan fingerprint density at radius 2 is 1.10 bits per heavy atom. The summed E-state index contributed by atoms with van der Waals surface area (Å²) in [6.45, 7) is 15.8. The molecule has 0 radical (unpaired) electrons. The highest BCUT2D eigenvalue weighted by Gasteiger charge is 2.14. The molecule has 0 heterocycles. The molecule has 0 aliphatic rings. The van der Waals surface area contributed by atoms with Crippen molar-refractivity contribution < 1.29 is 29.0 Å². The van der Waals surface area contributed by atoms with E-state index in [0.29, 0.717) is 0 Å². The van der Waals surface area contributed by atoms with Crippen molar-refractivity contribution in [2.75, 3.05) is 0 Å². The number of carbonyl (C=O) groups excluding carboxylic acids is 2. The number of carbonyl (C=O) groups is 3. The highest BCUT2D eigenvalue weighted by atomic mass is 16.7. The molecule has 0 unspecified atom stereocenters. The molecule has 0 saturated carbocycles. The van der Waals surface area contributed by atoms with Crippen molar-refractivity contribution in [3.63, 3.8) is 0 Å². The van der Waals surface area contributed by atoms with Gasteiger partial charge in [-0.2, -0.15) is 0 Å². The molecule has 0 aromatic rings. The van der Waals surface area contributed by atoms with Crippen LogP contribution in [0.25, 0.3) is 0 Å². The summed E-state index contributed by atoms with van der Waals surface area (Å²) in [6.07, 6.45) is -0.927. The summed E-state index contributed by atoms with van der Waals surface area (Å²) in [6, 6.07) is 0. The zero-order valence-corrected chi connectivity index (χ0v) is 12.2. The molecule has 0 bridgehead atoms. The van der Waals surface area contributed by atoms with Crippen molar-refractivity contribution in [1.82, 2.24) is 0 Å². The van der Waals surface area contributed by atoms with E-state index in [2.05, 4.69) is 19.7 Å². The third-order valence-corrected chi connectivity index (χ3v) is 1.61. The van der Waals surface area contributed by atoms with Gasteiger partial charge in [-0.25, -0.2) is 14.4 Å². The summed E-state index contributed by atoms with van der Waals surface area (Å²) in [7, 11) is 0. The third kappa shape index (κ3) is 10.8. The van der Waals surface area contributed by atoms with Crippen LogP contribution in [0.4, 0.5) is 0 Å². The summed E-state index contributed by atoms with van der Waals surface area (Å²) in [4.78, 5) is 31.5. The van der Waals surface area contributed by atoms with Gasteiger partial charge in [-0.15, -0.1) is 0 Å². The Kier molecular flexibility index (Phi) is 9.53. The predicted octanol–water partition coefficient (Wildman–Crippen LogP) is 2.22. The number of hydrogen-bond donors (Lipinski definition) is 1. The molecule has 0 aromatic heterocycles. The summed E-state index contributed by atoms with van der Waals surface area (Å²) >= 11 is 0. The van der Waals surface area contributed by atoms with E-state index in [1.807, 2.05) is 0 Å². The maximum atomic E-state index is 11.0. The minimum absolute atomic E-state index is 0.176. The van der Waals surface area contributed by atoms with Crippen LogP contribution in [-0.2, 0) is 23.9 Å². The fourth-order valence-electron chi connectivity index (χ4n) is 0.527. The van der Waals surface area contributed by atoms with Crippen LogP contribution in [0.2, 0.25) is 0 Å². The second kappa shape index (κ2) is 9.55. The number of hydrogen-bond acceptors (Lipinski definition) is 5. The molecule has 1 N–H and O–H groups in total. The Bertz CT molecular complexity index is 393. The van der Waals surface area contributed by atoms with Crippen molar-refractivity contribution in [3.8, 4) is 0 Å². The van der Waals surface area contributed by atoms with E-state index < -0.39 is 24.2 Å². The van der Waals surface area contributed by atoms with Gasteiger partial charge in [0.05, 0.1) is 0 Å². The van der Waals surface area contributed by atoms with Crippen LogP contribution in [0.1, 0.15) is 27.7 Å². The lowest BCUT2D eigenvalue weighted by Crippen LogP contribution is -2.22. The second-order valence-electron chi connectivity index (χ2n) is 4.02. The normalized spacial score (nSPS) is 8.85. The van der Waals surface area contributed by atoms with E-state index in [1.54, 1.807) is 0 Å². The Balaban J connectivity index is 0. The molecule has 0 fully saturated rings. The van der Waals surface area contributed by atoms with Gasteiger partial charge in [0.1, 0.15) is 0 Å². The van der Waals surface area contributed by atoms with Crippen molar-refractivity contribution >= 4 is 17.9 Å². The Morgan fingerprint density at radius 3 is 1.25 bits per heavy atom. The largest absolute Gasteiger partial charge is 0.478 e. The van der Waals surface area contributed by atoms with E-state index >= 15 is 0 Å². The lowest BCUT2D eigenvalue weighted by molar-refractivity contribution is -0.178. The van der Waals surface area contributed by atoms with Crippen molar-refractivity contribution in [1.29, 1.82) is 0 Å². The van der Waals surface area contributed by atoms with Crippen LogP contribution in [0.5, 0.6) is 0 Å². The first kappa shape index (κ1) is 20.0. The molecule has 6 heteroatoms. The average Bonchev–Trinajstić information content (AvgIpc) is 2.28. The fraction of sp³-hybridized carbons (Fsp3) is 0.357. The number of ether oxygens (including phenoxy) is 2. The van der Waals surface area contributed by atoms with Gasteiger partial charge in [0.15, 0.2) is 0 Å². The molecule has 0 aliphatic carbocycles. The third-order valence-electron chi connectivity index (χ3n) is 1.61. The minimum Gasteiger partial charge on any atom is -0.478 e. The topological polar surface area (TPSA) is 89.9 Å². The Labute approximate surface area is 118 Å². The Hall–Kier alpha value is -2.37. The molecule has 0 aromatic carbocycles. The lowest BCUT2D eigenvalue weighted by Gasteiger charge is -2.13. The van der Waals surface area contributed by atoms with Crippen LogP contribution in [0, 0.1) is 0 Å². The fourth-order valence-corrected chi connectivity index (χ4v) is 0.527. The highest BCUT2D eigenvalue weighted by Crippen LogP contribution is 2.02.